The van der Waals surface area contributed by atoms with E-state index < -0.39 is 35.6 Å². The zero-order chi connectivity index (χ0) is 14.6. The number of aliphatic hydroxyl groups is 3. The predicted octanol–water partition coefficient (Wildman–Crippen LogP) is -0.178. The number of amides is 1. The number of aliphatic hydroxyl groups excluding tert-OH is 3. The molecule has 1 fully saturated rings. The third-order valence-corrected chi connectivity index (χ3v) is 3.14. The third-order valence-electron chi connectivity index (χ3n) is 3.14. The number of hydrogen-bond donors (Lipinski definition) is 4. The molecule has 0 aliphatic carbocycles. The summed E-state index contributed by atoms with van der Waals surface area (Å²) in [5, 5.41) is 31.6. The molecule has 3 unspecified atom stereocenters. The van der Waals surface area contributed by atoms with Crippen molar-refractivity contribution < 1.29 is 24.9 Å². The normalized spacial score (nSPS) is 23.4. The lowest BCUT2D eigenvalue weighted by Crippen LogP contribution is -2.29. The van der Waals surface area contributed by atoms with E-state index in [-0.39, 0.29) is 18.5 Å². The minimum absolute atomic E-state index is 0.134. The average molecular weight is 269 g/mol. The second-order valence-corrected chi connectivity index (χ2v) is 4.57. The van der Waals surface area contributed by atoms with Gasteiger partial charge in [-0.25, -0.2) is 0 Å². The number of hydrogen-bond acceptors (Lipinski definition) is 5. The van der Waals surface area contributed by atoms with Crippen molar-refractivity contribution in [2.45, 2.75) is 32.5 Å². The van der Waals surface area contributed by atoms with Crippen LogP contribution < -0.4 is 5.32 Å². The van der Waals surface area contributed by atoms with Crippen LogP contribution in [0.15, 0.2) is 23.5 Å². The smallest absolute Gasteiger partial charge is 0.258 e. The second-order valence-electron chi connectivity index (χ2n) is 4.57. The number of ketones is 1. The molecular weight excluding hydrogens is 250 g/mol. The molecule has 4 N–H and O–H groups in total. The fourth-order valence-corrected chi connectivity index (χ4v) is 1.84. The Kier molecular flexibility index (Phi) is 5.26. The van der Waals surface area contributed by atoms with Gasteiger partial charge in [-0.2, -0.15) is 0 Å². The molecule has 3 atom stereocenters. The standard InChI is InChI=1S/C13H19NO5/c1-3-4-8(15)7(2)9(16)5-10(17)12-11(18)6-14-13(12)19/h3-4,7-9,15-17H,5-6H2,1-2H3,(H,14,19)/b4-3+,12-10-. The minimum Gasteiger partial charge on any atom is -0.511 e. The van der Waals surface area contributed by atoms with Crippen molar-refractivity contribution in [1.82, 2.24) is 5.32 Å². The van der Waals surface area contributed by atoms with E-state index in [1.54, 1.807) is 19.9 Å². The number of Topliss-reactive ketones (excluding diaryl/α,β-unsaturated/α-hetero) is 1. The highest BCUT2D eigenvalue weighted by atomic mass is 16.3. The Morgan fingerprint density at radius 3 is 2.53 bits per heavy atom. The monoisotopic (exact) mass is 269 g/mol. The van der Waals surface area contributed by atoms with Crippen molar-refractivity contribution in [2.24, 2.45) is 5.92 Å². The Morgan fingerprint density at radius 1 is 1.42 bits per heavy atom. The Balaban J connectivity index is 2.76. The number of rotatable bonds is 5. The van der Waals surface area contributed by atoms with Gasteiger partial charge in [0.25, 0.3) is 5.91 Å². The van der Waals surface area contributed by atoms with Gasteiger partial charge in [0.2, 0.25) is 0 Å². The molecule has 1 heterocycles. The maximum Gasteiger partial charge on any atom is 0.258 e. The highest BCUT2D eigenvalue weighted by molar-refractivity contribution is 6.25. The summed E-state index contributed by atoms with van der Waals surface area (Å²) >= 11 is 0. The van der Waals surface area contributed by atoms with E-state index in [0.717, 1.165) is 0 Å². The molecule has 6 heteroatoms. The summed E-state index contributed by atoms with van der Waals surface area (Å²) in [4.78, 5) is 22.7. The minimum atomic E-state index is -1.06. The van der Waals surface area contributed by atoms with Gasteiger partial charge in [-0.05, 0) is 6.92 Å². The van der Waals surface area contributed by atoms with Gasteiger partial charge in [-0.15, -0.1) is 0 Å². The van der Waals surface area contributed by atoms with Crippen LogP contribution in [0.1, 0.15) is 20.3 Å². The van der Waals surface area contributed by atoms with Crippen LogP contribution in [0, 0.1) is 5.92 Å². The quantitative estimate of drug-likeness (QED) is 0.240. The van der Waals surface area contributed by atoms with Crippen molar-refractivity contribution in [1.29, 1.82) is 0 Å². The fourth-order valence-electron chi connectivity index (χ4n) is 1.84. The zero-order valence-electron chi connectivity index (χ0n) is 11.0. The fraction of sp³-hybridized carbons (Fsp3) is 0.538. The molecule has 1 rings (SSSR count). The Hall–Kier alpha value is -1.66. The van der Waals surface area contributed by atoms with E-state index in [0.29, 0.717) is 0 Å². The van der Waals surface area contributed by atoms with Crippen molar-refractivity contribution in [3.05, 3.63) is 23.5 Å². The lowest BCUT2D eigenvalue weighted by atomic mass is 9.93. The van der Waals surface area contributed by atoms with Gasteiger partial charge in [-0.1, -0.05) is 19.1 Å². The van der Waals surface area contributed by atoms with Crippen LogP contribution >= 0.6 is 0 Å². The average Bonchev–Trinajstić information content (AvgIpc) is 2.68. The summed E-state index contributed by atoms with van der Waals surface area (Å²) in [5.74, 6) is -2.08. The molecule has 0 radical (unpaired) electrons. The first-order chi connectivity index (χ1) is 8.88. The molecule has 0 aromatic carbocycles. The second kappa shape index (κ2) is 6.49. The summed E-state index contributed by atoms with van der Waals surface area (Å²) in [6.07, 6.45) is 1.02. The van der Waals surface area contributed by atoms with Gasteiger partial charge in [0.15, 0.2) is 5.78 Å². The zero-order valence-corrected chi connectivity index (χ0v) is 11.0. The van der Waals surface area contributed by atoms with Gasteiger partial charge in [-0.3, -0.25) is 9.59 Å². The molecule has 0 aromatic rings. The predicted molar refractivity (Wildman–Crippen MR) is 68.3 cm³/mol. The van der Waals surface area contributed by atoms with Crippen LogP contribution in [0.5, 0.6) is 0 Å². The number of carbonyl (C=O) groups is 2. The molecule has 0 bridgehead atoms. The first kappa shape index (κ1) is 15.4. The van der Waals surface area contributed by atoms with E-state index in [2.05, 4.69) is 5.32 Å². The molecule has 106 valence electrons. The largest absolute Gasteiger partial charge is 0.511 e. The lowest BCUT2D eigenvalue weighted by Gasteiger charge is -2.21. The first-order valence-electron chi connectivity index (χ1n) is 6.11. The van der Waals surface area contributed by atoms with Gasteiger partial charge in [0, 0.05) is 12.3 Å². The topological polar surface area (TPSA) is 107 Å². The first-order valence-corrected chi connectivity index (χ1v) is 6.11. The van der Waals surface area contributed by atoms with Crippen LogP contribution in [-0.2, 0) is 9.59 Å². The van der Waals surface area contributed by atoms with Gasteiger partial charge >= 0.3 is 0 Å². The summed E-state index contributed by atoms with van der Waals surface area (Å²) in [7, 11) is 0. The SMILES string of the molecule is C/C=C/C(O)C(C)C(O)C/C(O)=C1\C(=O)CNC1=O. The summed E-state index contributed by atoms with van der Waals surface area (Å²) in [6.45, 7) is 3.22. The molecule has 1 aliphatic rings. The third kappa shape index (κ3) is 3.65. The maximum absolute atomic E-state index is 11.4. The van der Waals surface area contributed by atoms with Crippen LogP contribution in [0.3, 0.4) is 0 Å². The molecule has 6 nitrogen and oxygen atoms in total. The van der Waals surface area contributed by atoms with E-state index in [4.69, 9.17) is 0 Å². The highest BCUT2D eigenvalue weighted by Crippen LogP contribution is 2.19. The Morgan fingerprint density at radius 2 is 2.05 bits per heavy atom. The molecule has 19 heavy (non-hydrogen) atoms. The van der Waals surface area contributed by atoms with Gasteiger partial charge < -0.3 is 20.6 Å². The molecule has 1 saturated heterocycles. The molecule has 1 aliphatic heterocycles. The molecule has 1 amide bonds. The van der Waals surface area contributed by atoms with E-state index in [1.807, 2.05) is 0 Å². The highest BCUT2D eigenvalue weighted by Gasteiger charge is 2.31. The molecular formula is C13H19NO5. The molecule has 0 saturated carbocycles. The van der Waals surface area contributed by atoms with Crippen LogP contribution in [0.4, 0.5) is 0 Å². The van der Waals surface area contributed by atoms with Gasteiger partial charge in [0.1, 0.15) is 11.3 Å². The summed E-state index contributed by atoms with van der Waals surface area (Å²) < 4.78 is 0. The van der Waals surface area contributed by atoms with Crippen molar-refractivity contribution in [3.63, 3.8) is 0 Å². The number of allylic oxidation sites excluding steroid dienone is 1. The maximum atomic E-state index is 11.4. The lowest BCUT2D eigenvalue weighted by molar-refractivity contribution is -0.117. The van der Waals surface area contributed by atoms with Crippen molar-refractivity contribution in [3.8, 4) is 0 Å². The number of nitrogens with one attached hydrogen (secondary N) is 1. The van der Waals surface area contributed by atoms with Crippen molar-refractivity contribution in [2.75, 3.05) is 6.54 Å². The molecule has 0 spiro atoms. The van der Waals surface area contributed by atoms with Crippen LogP contribution in [-0.4, -0.2) is 45.8 Å². The van der Waals surface area contributed by atoms with Gasteiger partial charge in [0.05, 0.1) is 18.8 Å². The Labute approximate surface area is 111 Å². The van der Waals surface area contributed by atoms with Crippen LogP contribution in [0.2, 0.25) is 0 Å². The summed E-state index contributed by atoms with van der Waals surface area (Å²) in [6, 6.07) is 0. The van der Waals surface area contributed by atoms with E-state index in [1.165, 1.54) is 6.08 Å². The Bertz CT molecular complexity index is 409. The molecule has 0 aromatic heterocycles. The summed E-state index contributed by atoms with van der Waals surface area (Å²) in [5.41, 5.74) is -0.299. The number of carbonyl (C=O) groups excluding carboxylic acids is 2. The van der Waals surface area contributed by atoms with Crippen molar-refractivity contribution >= 4 is 11.7 Å². The van der Waals surface area contributed by atoms with Crippen LogP contribution in [0.25, 0.3) is 0 Å². The van der Waals surface area contributed by atoms with E-state index in [9.17, 15) is 24.9 Å². The van der Waals surface area contributed by atoms with E-state index >= 15 is 0 Å².